The number of rotatable bonds is 5. The van der Waals surface area contributed by atoms with Crippen LogP contribution in [0.25, 0.3) is 11.1 Å². The van der Waals surface area contributed by atoms with E-state index in [1.807, 2.05) is 24.3 Å². The summed E-state index contributed by atoms with van der Waals surface area (Å²) in [6.45, 7) is 0. The van der Waals surface area contributed by atoms with Crippen molar-refractivity contribution in [1.82, 2.24) is 10.3 Å². The number of methoxy groups -OCH3 is 1. The fraction of sp³-hybridized carbons (Fsp3) is 0.0870. The summed E-state index contributed by atoms with van der Waals surface area (Å²) in [6.07, 6.45) is 0.475. The number of hydrogen-bond donors (Lipinski definition) is 2. The molecule has 0 spiro atoms. The van der Waals surface area contributed by atoms with Crippen LogP contribution in [0.2, 0.25) is 15.1 Å². The highest BCUT2D eigenvalue weighted by Crippen LogP contribution is 2.29. The van der Waals surface area contributed by atoms with Crippen LogP contribution in [-0.4, -0.2) is 23.1 Å². The number of carbonyl (C=O) groups excluding carboxylic acids is 1. The van der Waals surface area contributed by atoms with Crippen LogP contribution in [0.3, 0.4) is 0 Å². The van der Waals surface area contributed by atoms with Gasteiger partial charge >= 0.3 is 0 Å². The maximum atomic E-state index is 12.4. The second-order valence-corrected chi connectivity index (χ2v) is 8.63. The van der Waals surface area contributed by atoms with Gasteiger partial charge in [-0.2, -0.15) is 0 Å². The second kappa shape index (κ2) is 9.97. The molecule has 0 fully saturated rings. The van der Waals surface area contributed by atoms with Gasteiger partial charge in [-0.15, -0.1) is 0 Å². The molecular weight excluding hydrogens is 505 g/mol. The lowest BCUT2D eigenvalue weighted by Crippen LogP contribution is -2.34. The zero-order valence-electron chi connectivity index (χ0n) is 17.1. The van der Waals surface area contributed by atoms with Gasteiger partial charge < -0.3 is 14.5 Å². The summed E-state index contributed by atoms with van der Waals surface area (Å²) < 4.78 is 10.8. The van der Waals surface area contributed by atoms with Crippen LogP contribution in [0.4, 0.5) is 5.69 Å². The first-order valence-corrected chi connectivity index (χ1v) is 11.2. The number of nitrogens with zero attached hydrogens (tertiary/aromatic N) is 1. The number of fused-ring (bicyclic) bond motifs is 1. The molecular formula is C23H16Cl3N3O3S. The Balaban J connectivity index is 1.37. The number of hydrogen-bond acceptors (Lipinski definition) is 5. The molecule has 6 nitrogen and oxygen atoms in total. The molecule has 4 aromatic rings. The van der Waals surface area contributed by atoms with Crippen LogP contribution in [0, 0.1) is 0 Å². The molecule has 0 aliphatic rings. The molecule has 2 N–H and O–H groups in total. The topological polar surface area (TPSA) is 76.4 Å². The number of anilines is 1. The van der Waals surface area contributed by atoms with Gasteiger partial charge in [0.2, 0.25) is 0 Å². The number of thiocarbonyl (C=S) groups is 1. The van der Waals surface area contributed by atoms with E-state index in [4.69, 9.17) is 56.2 Å². The van der Waals surface area contributed by atoms with Crippen molar-refractivity contribution in [2.45, 2.75) is 6.42 Å². The van der Waals surface area contributed by atoms with E-state index in [1.54, 1.807) is 24.3 Å². The molecule has 0 saturated carbocycles. The van der Waals surface area contributed by atoms with E-state index >= 15 is 0 Å². The molecule has 4 rings (SSSR count). The Kier molecular flexibility index (Phi) is 7.05. The predicted molar refractivity (Wildman–Crippen MR) is 135 cm³/mol. The minimum Gasteiger partial charge on any atom is -0.495 e. The van der Waals surface area contributed by atoms with Crippen molar-refractivity contribution in [3.05, 3.63) is 86.7 Å². The first kappa shape index (κ1) is 23.3. The molecule has 1 aromatic heterocycles. The normalized spacial score (nSPS) is 10.8. The van der Waals surface area contributed by atoms with E-state index in [0.717, 1.165) is 5.56 Å². The van der Waals surface area contributed by atoms with Gasteiger partial charge in [0.15, 0.2) is 16.6 Å². The average Bonchev–Trinajstić information content (AvgIpc) is 3.17. The Hall–Kier alpha value is -2.84. The third kappa shape index (κ3) is 5.57. The summed E-state index contributed by atoms with van der Waals surface area (Å²) in [5.41, 5.74) is 3.16. The van der Waals surface area contributed by atoms with Gasteiger partial charge in [-0.05, 0) is 60.2 Å². The summed E-state index contributed by atoms with van der Waals surface area (Å²) in [7, 11) is 1.50. The summed E-state index contributed by atoms with van der Waals surface area (Å²) in [4.78, 5) is 16.8. The molecule has 0 atom stereocenters. The quantitative estimate of drug-likeness (QED) is 0.292. The highest BCUT2D eigenvalue weighted by atomic mass is 35.5. The lowest BCUT2D eigenvalue weighted by molar-refractivity contribution is 0.0977. The van der Waals surface area contributed by atoms with E-state index in [2.05, 4.69) is 15.6 Å². The molecule has 1 amide bonds. The van der Waals surface area contributed by atoms with Crippen molar-refractivity contribution in [1.29, 1.82) is 0 Å². The molecule has 0 bridgehead atoms. The van der Waals surface area contributed by atoms with Crippen molar-refractivity contribution < 1.29 is 13.9 Å². The van der Waals surface area contributed by atoms with Gasteiger partial charge in [0, 0.05) is 22.7 Å². The van der Waals surface area contributed by atoms with Crippen LogP contribution in [-0.2, 0) is 6.42 Å². The number of amides is 1. The van der Waals surface area contributed by atoms with E-state index in [0.29, 0.717) is 55.5 Å². The number of nitrogens with one attached hydrogen (secondary N) is 2. The van der Waals surface area contributed by atoms with Crippen molar-refractivity contribution >= 4 is 74.8 Å². The standard InChI is InChI=1S/C23H16Cl3N3O3S/c1-31-19-7-4-13(9-16(19)25)22(30)29-23(33)27-15-5-2-12(3-6-15)8-20-28-18-11-14(24)10-17(26)21(18)32-20/h2-7,9-11H,8H2,1H3,(H2,27,29,30,33). The lowest BCUT2D eigenvalue weighted by Gasteiger charge is -2.11. The molecule has 0 unspecified atom stereocenters. The number of ether oxygens (including phenoxy) is 1. The van der Waals surface area contributed by atoms with Gasteiger partial charge in [0.1, 0.15) is 11.3 Å². The zero-order valence-corrected chi connectivity index (χ0v) is 20.2. The Morgan fingerprint density at radius 3 is 2.52 bits per heavy atom. The third-order valence-corrected chi connectivity index (χ3v) is 5.66. The van der Waals surface area contributed by atoms with Crippen molar-refractivity contribution in [2.75, 3.05) is 12.4 Å². The van der Waals surface area contributed by atoms with Crippen LogP contribution in [0.15, 0.2) is 59.0 Å². The molecule has 0 radical (unpaired) electrons. The van der Waals surface area contributed by atoms with Crippen LogP contribution >= 0.6 is 47.0 Å². The van der Waals surface area contributed by atoms with Gasteiger partial charge in [-0.3, -0.25) is 10.1 Å². The predicted octanol–water partition coefficient (Wildman–Crippen LogP) is 6.51. The van der Waals surface area contributed by atoms with Crippen molar-refractivity contribution in [2.24, 2.45) is 0 Å². The smallest absolute Gasteiger partial charge is 0.257 e. The molecule has 3 aromatic carbocycles. The van der Waals surface area contributed by atoms with Crippen LogP contribution < -0.4 is 15.4 Å². The third-order valence-electron chi connectivity index (χ3n) is 4.66. The summed E-state index contributed by atoms with van der Waals surface area (Å²) in [6, 6.07) is 15.5. The van der Waals surface area contributed by atoms with E-state index in [9.17, 15) is 4.79 Å². The Bertz CT molecular complexity index is 1360. The van der Waals surface area contributed by atoms with Gasteiger partial charge in [-0.1, -0.05) is 46.9 Å². The summed E-state index contributed by atoms with van der Waals surface area (Å²) >= 11 is 23.5. The SMILES string of the molecule is COc1ccc(C(=O)NC(=S)Nc2ccc(Cc3nc4cc(Cl)cc(Cl)c4o3)cc2)cc1Cl. The highest BCUT2D eigenvalue weighted by molar-refractivity contribution is 7.80. The first-order valence-electron chi connectivity index (χ1n) is 9.61. The highest BCUT2D eigenvalue weighted by Gasteiger charge is 2.13. The zero-order chi connectivity index (χ0) is 23.5. The van der Waals surface area contributed by atoms with E-state index in [1.165, 1.54) is 13.2 Å². The minimum atomic E-state index is -0.386. The number of carbonyl (C=O) groups is 1. The second-order valence-electron chi connectivity index (χ2n) is 6.97. The molecule has 10 heteroatoms. The average molecular weight is 521 g/mol. The minimum absolute atomic E-state index is 0.158. The molecule has 0 saturated heterocycles. The molecule has 168 valence electrons. The van der Waals surface area contributed by atoms with Gasteiger partial charge in [0.25, 0.3) is 5.91 Å². The Labute approximate surface area is 209 Å². The van der Waals surface area contributed by atoms with E-state index < -0.39 is 0 Å². The van der Waals surface area contributed by atoms with Gasteiger partial charge in [0.05, 0.1) is 17.2 Å². The molecule has 0 aliphatic heterocycles. The fourth-order valence-electron chi connectivity index (χ4n) is 3.11. The Morgan fingerprint density at radius 1 is 1.06 bits per heavy atom. The summed E-state index contributed by atoms with van der Waals surface area (Å²) in [5.74, 6) is 0.623. The largest absolute Gasteiger partial charge is 0.495 e. The number of halogens is 3. The van der Waals surface area contributed by atoms with Gasteiger partial charge in [-0.25, -0.2) is 4.98 Å². The summed E-state index contributed by atoms with van der Waals surface area (Å²) in [5, 5.41) is 7.01. The monoisotopic (exact) mass is 519 g/mol. The molecule has 33 heavy (non-hydrogen) atoms. The molecule has 1 heterocycles. The van der Waals surface area contributed by atoms with Crippen molar-refractivity contribution in [3.8, 4) is 5.75 Å². The maximum absolute atomic E-state index is 12.4. The van der Waals surface area contributed by atoms with E-state index in [-0.39, 0.29) is 11.0 Å². The van der Waals surface area contributed by atoms with Crippen LogP contribution in [0.5, 0.6) is 5.75 Å². The fourth-order valence-corrected chi connectivity index (χ4v) is 4.10. The number of aromatic nitrogens is 1. The number of oxazole rings is 1. The number of benzene rings is 3. The Morgan fingerprint density at radius 2 is 1.82 bits per heavy atom. The van der Waals surface area contributed by atoms with Crippen LogP contribution in [0.1, 0.15) is 21.8 Å². The lowest BCUT2D eigenvalue weighted by atomic mass is 10.1. The molecule has 0 aliphatic carbocycles. The maximum Gasteiger partial charge on any atom is 0.257 e. The first-order chi connectivity index (χ1) is 15.8. The van der Waals surface area contributed by atoms with Crippen molar-refractivity contribution in [3.63, 3.8) is 0 Å².